The number of carboxylic acids is 1. The van der Waals surface area contributed by atoms with Crippen LogP contribution in [0.4, 0.5) is 0 Å². The lowest BCUT2D eigenvalue weighted by Crippen LogP contribution is -2.32. The zero-order valence-electron chi connectivity index (χ0n) is 10.8. The van der Waals surface area contributed by atoms with Crippen LogP contribution in [0.2, 0.25) is 0 Å². The SMILES string of the molecule is CCN(CC1CC1)C(=O)c1sccc1C=CC(=O)O. The van der Waals surface area contributed by atoms with Crippen molar-refractivity contribution in [2.45, 2.75) is 19.8 Å². The van der Waals surface area contributed by atoms with Crippen LogP contribution in [0, 0.1) is 5.92 Å². The highest BCUT2D eigenvalue weighted by Crippen LogP contribution is 2.30. The summed E-state index contributed by atoms with van der Waals surface area (Å²) in [5.41, 5.74) is 0.687. The molecule has 1 saturated carbocycles. The molecule has 102 valence electrons. The molecule has 0 bridgehead atoms. The van der Waals surface area contributed by atoms with Gasteiger partial charge in [0.25, 0.3) is 5.91 Å². The Balaban J connectivity index is 2.13. The van der Waals surface area contributed by atoms with E-state index in [0.29, 0.717) is 22.9 Å². The number of nitrogens with zero attached hydrogens (tertiary/aromatic N) is 1. The summed E-state index contributed by atoms with van der Waals surface area (Å²) in [4.78, 5) is 25.4. The minimum absolute atomic E-state index is 0.00874. The van der Waals surface area contributed by atoms with E-state index < -0.39 is 5.97 Å². The number of amides is 1. The van der Waals surface area contributed by atoms with Crippen LogP contribution in [0.1, 0.15) is 35.0 Å². The number of hydrogen-bond acceptors (Lipinski definition) is 3. The summed E-state index contributed by atoms with van der Waals surface area (Å²) in [5, 5.41) is 10.5. The van der Waals surface area contributed by atoms with Gasteiger partial charge in [-0.15, -0.1) is 11.3 Å². The first-order chi connectivity index (χ1) is 9.11. The molecule has 4 nitrogen and oxygen atoms in total. The van der Waals surface area contributed by atoms with Crippen LogP contribution in [-0.2, 0) is 4.79 Å². The first-order valence-corrected chi connectivity index (χ1v) is 7.27. The largest absolute Gasteiger partial charge is 0.478 e. The van der Waals surface area contributed by atoms with Gasteiger partial charge in [0.15, 0.2) is 0 Å². The molecule has 1 aliphatic carbocycles. The predicted octanol–water partition coefficient (Wildman–Crippen LogP) is 2.72. The summed E-state index contributed by atoms with van der Waals surface area (Å²) in [5.74, 6) is -0.341. The van der Waals surface area contributed by atoms with Gasteiger partial charge in [0.05, 0.1) is 4.88 Å². The maximum Gasteiger partial charge on any atom is 0.328 e. The summed E-state index contributed by atoms with van der Waals surface area (Å²) < 4.78 is 0. The lowest BCUT2D eigenvalue weighted by Gasteiger charge is -2.20. The maximum absolute atomic E-state index is 12.4. The van der Waals surface area contributed by atoms with Crippen LogP contribution in [-0.4, -0.2) is 35.0 Å². The summed E-state index contributed by atoms with van der Waals surface area (Å²) >= 11 is 1.37. The quantitative estimate of drug-likeness (QED) is 0.815. The van der Waals surface area contributed by atoms with Crippen molar-refractivity contribution < 1.29 is 14.7 Å². The number of carbonyl (C=O) groups is 2. The predicted molar refractivity (Wildman–Crippen MR) is 75.3 cm³/mol. The van der Waals surface area contributed by atoms with Crippen molar-refractivity contribution in [1.29, 1.82) is 0 Å². The van der Waals surface area contributed by atoms with Gasteiger partial charge in [-0.1, -0.05) is 0 Å². The van der Waals surface area contributed by atoms with Crippen LogP contribution < -0.4 is 0 Å². The average Bonchev–Trinajstić information content (AvgIpc) is 3.08. The van der Waals surface area contributed by atoms with E-state index in [9.17, 15) is 9.59 Å². The van der Waals surface area contributed by atoms with Gasteiger partial charge in [0.2, 0.25) is 0 Å². The monoisotopic (exact) mass is 279 g/mol. The standard InChI is InChI=1S/C14H17NO3S/c1-2-15(9-10-3-4-10)14(18)13-11(7-8-19-13)5-6-12(16)17/h5-8,10H,2-4,9H2,1H3,(H,16,17). The smallest absolute Gasteiger partial charge is 0.328 e. The highest BCUT2D eigenvalue weighted by molar-refractivity contribution is 7.12. The van der Waals surface area contributed by atoms with Gasteiger partial charge < -0.3 is 10.0 Å². The van der Waals surface area contributed by atoms with Gasteiger partial charge in [0.1, 0.15) is 0 Å². The van der Waals surface area contributed by atoms with Crippen molar-refractivity contribution in [2.24, 2.45) is 5.92 Å². The number of carboxylic acid groups (broad SMARTS) is 1. The Morgan fingerprint density at radius 3 is 2.84 bits per heavy atom. The Kier molecular flexibility index (Phi) is 4.37. The Morgan fingerprint density at radius 2 is 2.26 bits per heavy atom. The van der Waals surface area contributed by atoms with Crippen LogP contribution in [0.5, 0.6) is 0 Å². The van der Waals surface area contributed by atoms with E-state index in [1.54, 1.807) is 6.07 Å². The van der Waals surface area contributed by atoms with Gasteiger partial charge in [-0.25, -0.2) is 4.79 Å². The zero-order chi connectivity index (χ0) is 13.8. The highest BCUT2D eigenvalue weighted by atomic mass is 32.1. The molecule has 0 aliphatic heterocycles. The van der Waals surface area contributed by atoms with Crippen LogP contribution in [0.15, 0.2) is 17.5 Å². The summed E-state index contributed by atoms with van der Waals surface area (Å²) in [6, 6.07) is 1.78. The van der Waals surface area contributed by atoms with E-state index in [1.165, 1.54) is 30.3 Å². The van der Waals surface area contributed by atoms with Crippen LogP contribution in [0.3, 0.4) is 0 Å². The van der Waals surface area contributed by atoms with Crippen LogP contribution in [0.25, 0.3) is 6.08 Å². The fourth-order valence-corrected chi connectivity index (χ4v) is 2.75. The molecule has 0 saturated heterocycles. The first kappa shape index (κ1) is 13.8. The highest BCUT2D eigenvalue weighted by Gasteiger charge is 2.27. The van der Waals surface area contributed by atoms with E-state index in [0.717, 1.165) is 12.6 Å². The second-order valence-corrected chi connectivity index (χ2v) is 5.58. The molecule has 19 heavy (non-hydrogen) atoms. The number of aliphatic carboxylic acids is 1. The zero-order valence-corrected chi connectivity index (χ0v) is 11.7. The Morgan fingerprint density at radius 1 is 1.53 bits per heavy atom. The molecule has 1 N–H and O–H groups in total. The molecule has 2 rings (SSSR count). The molecule has 1 aromatic heterocycles. The fraction of sp³-hybridized carbons (Fsp3) is 0.429. The van der Waals surface area contributed by atoms with Gasteiger partial charge in [-0.05, 0) is 48.8 Å². The Bertz CT molecular complexity index is 503. The molecule has 0 aromatic carbocycles. The number of rotatable bonds is 6. The van der Waals surface area contributed by atoms with Crippen molar-refractivity contribution in [3.05, 3.63) is 28.0 Å². The van der Waals surface area contributed by atoms with Crippen LogP contribution >= 0.6 is 11.3 Å². The third-order valence-corrected chi connectivity index (χ3v) is 4.06. The summed E-state index contributed by atoms with van der Waals surface area (Å²) in [6.45, 7) is 3.48. The fourth-order valence-electron chi connectivity index (χ4n) is 1.90. The van der Waals surface area contributed by atoms with E-state index in [4.69, 9.17) is 5.11 Å². The molecule has 1 amide bonds. The summed E-state index contributed by atoms with van der Waals surface area (Å²) in [7, 11) is 0. The third kappa shape index (κ3) is 3.67. The second-order valence-electron chi connectivity index (χ2n) is 4.66. The topological polar surface area (TPSA) is 57.6 Å². The molecule has 1 heterocycles. The molecular formula is C14H17NO3S. The average molecular weight is 279 g/mol. The molecule has 1 fully saturated rings. The molecule has 0 spiro atoms. The minimum atomic E-state index is -1.00. The number of thiophene rings is 1. The molecule has 0 atom stereocenters. The van der Waals surface area contributed by atoms with Crippen molar-refractivity contribution in [1.82, 2.24) is 4.90 Å². The third-order valence-electron chi connectivity index (χ3n) is 3.14. The van der Waals surface area contributed by atoms with Gasteiger partial charge in [0, 0.05) is 19.2 Å². The lowest BCUT2D eigenvalue weighted by atomic mass is 10.2. The van der Waals surface area contributed by atoms with E-state index in [-0.39, 0.29) is 5.91 Å². The number of hydrogen-bond donors (Lipinski definition) is 1. The van der Waals surface area contributed by atoms with Gasteiger partial charge >= 0.3 is 5.97 Å². The van der Waals surface area contributed by atoms with Crippen molar-refractivity contribution in [3.63, 3.8) is 0 Å². The van der Waals surface area contributed by atoms with E-state index in [2.05, 4.69) is 0 Å². The molecule has 1 aliphatic rings. The lowest BCUT2D eigenvalue weighted by molar-refractivity contribution is -0.131. The number of carbonyl (C=O) groups excluding carboxylic acids is 1. The van der Waals surface area contributed by atoms with E-state index in [1.807, 2.05) is 17.2 Å². The molecule has 0 unspecified atom stereocenters. The summed E-state index contributed by atoms with van der Waals surface area (Å²) in [6.07, 6.45) is 4.97. The van der Waals surface area contributed by atoms with Crippen molar-refractivity contribution in [3.8, 4) is 0 Å². The van der Waals surface area contributed by atoms with E-state index >= 15 is 0 Å². The molecule has 0 radical (unpaired) electrons. The Labute approximate surface area is 116 Å². The molecule has 5 heteroatoms. The normalized spacial score (nSPS) is 14.8. The van der Waals surface area contributed by atoms with Crippen molar-refractivity contribution >= 4 is 29.3 Å². The Hall–Kier alpha value is -1.62. The van der Waals surface area contributed by atoms with Crippen molar-refractivity contribution in [2.75, 3.05) is 13.1 Å². The molecular weight excluding hydrogens is 262 g/mol. The van der Waals surface area contributed by atoms with Gasteiger partial charge in [-0.2, -0.15) is 0 Å². The maximum atomic E-state index is 12.4. The first-order valence-electron chi connectivity index (χ1n) is 6.39. The minimum Gasteiger partial charge on any atom is -0.478 e. The van der Waals surface area contributed by atoms with Gasteiger partial charge in [-0.3, -0.25) is 4.79 Å². The second kappa shape index (κ2) is 6.02. The molecule has 1 aromatic rings.